The van der Waals surface area contributed by atoms with E-state index in [2.05, 4.69) is 36.8 Å². The maximum absolute atomic E-state index is 12.9. The summed E-state index contributed by atoms with van der Waals surface area (Å²) in [5, 5.41) is 15.5. The molecule has 0 saturated carbocycles. The quantitative estimate of drug-likeness (QED) is 0.322. The van der Waals surface area contributed by atoms with Crippen LogP contribution < -0.4 is 10.6 Å². The average molecular weight is 559 g/mol. The fraction of sp³-hybridized carbons (Fsp3) is 0.385. The number of carbonyl (C=O) groups is 2. The number of anilines is 1. The average Bonchev–Trinajstić information content (AvgIpc) is 3.23. The lowest BCUT2D eigenvalue weighted by Gasteiger charge is -2.22. The lowest BCUT2D eigenvalue weighted by Crippen LogP contribution is -2.33. The van der Waals surface area contributed by atoms with Crippen molar-refractivity contribution in [1.29, 1.82) is 0 Å². The monoisotopic (exact) mass is 557 g/mol. The normalized spacial score (nSPS) is 12.0. The van der Waals surface area contributed by atoms with Crippen LogP contribution in [0.2, 0.25) is 0 Å². The Hall–Kier alpha value is -2.65. The number of aromatic nitrogens is 3. The zero-order valence-corrected chi connectivity index (χ0v) is 23.4. The third-order valence-corrected chi connectivity index (χ3v) is 7.73. The van der Waals surface area contributed by atoms with Crippen molar-refractivity contribution in [1.82, 2.24) is 20.1 Å². The third-order valence-electron chi connectivity index (χ3n) is 5.90. The molecular weight excluding hydrogens is 526 g/mol. The largest absolute Gasteiger partial charge is 0.342 e. The number of amides is 2. The first-order valence-corrected chi connectivity index (χ1v) is 13.4. The van der Waals surface area contributed by atoms with Crippen LogP contribution in [0.15, 0.2) is 46.0 Å². The SMILES string of the molecule is CCn1c(SCC(=O)Nc2ccc(Br)c(C)c2C)nnc1[C@H](NC(=O)c1cccc(C)c1)C(C)C. The molecule has 1 aromatic heterocycles. The van der Waals surface area contributed by atoms with E-state index in [0.29, 0.717) is 23.1 Å². The van der Waals surface area contributed by atoms with E-state index in [1.165, 1.54) is 11.8 Å². The van der Waals surface area contributed by atoms with Gasteiger partial charge in [0.05, 0.1) is 11.8 Å². The van der Waals surface area contributed by atoms with Crippen LogP contribution in [0, 0.1) is 26.7 Å². The number of rotatable bonds is 9. The van der Waals surface area contributed by atoms with Crippen LogP contribution in [0.5, 0.6) is 0 Å². The molecule has 0 radical (unpaired) electrons. The highest BCUT2D eigenvalue weighted by molar-refractivity contribution is 9.10. The molecule has 1 atom stereocenters. The number of nitrogens with one attached hydrogen (secondary N) is 2. The molecule has 0 aliphatic rings. The number of aryl methyl sites for hydroxylation is 1. The van der Waals surface area contributed by atoms with Crippen molar-refractivity contribution in [3.05, 3.63) is 68.9 Å². The van der Waals surface area contributed by atoms with E-state index in [-0.39, 0.29) is 29.5 Å². The molecule has 0 spiro atoms. The van der Waals surface area contributed by atoms with Gasteiger partial charge in [-0.2, -0.15) is 0 Å². The van der Waals surface area contributed by atoms with Crippen molar-refractivity contribution < 1.29 is 9.59 Å². The van der Waals surface area contributed by atoms with Crippen LogP contribution in [-0.4, -0.2) is 32.3 Å². The Morgan fingerprint density at radius 3 is 2.49 bits per heavy atom. The Labute approximate surface area is 219 Å². The molecule has 3 rings (SSSR count). The molecule has 2 aromatic carbocycles. The minimum Gasteiger partial charge on any atom is -0.342 e. The van der Waals surface area contributed by atoms with E-state index < -0.39 is 0 Å². The summed E-state index contributed by atoms with van der Waals surface area (Å²) in [6.07, 6.45) is 0. The Morgan fingerprint density at radius 1 is 1.09 bits per heavy atom. The van der Waals surface area contributed by atoms with E-state index in [0.717, 1.165) is 26.9 Å². The summed E-state index contributed by atoms with van der Waals surface area (Å²) < 4.78 is 2.98. The minimum absolute atomic E-state index is 0.100. The maximum atomic E-state index is 12.9. The smallest absolute Gasteiger partial charge is 0.251 e. The van der Waals surface area contributed by atoms with Gasteiger partial charge in [-0.15, -0.1) is 10.2 Å². The van der Waals surface area contributed by atoms with E-state index >= 15 is 0 Å². The van der Waals surface area contributed by atoms with E-state index in [1.807, 2.05) is 76.4 Å². The standard InChI is InChI=1S/C26H32BrN5O2S/c1-7-32-24(23(15(2)3)29-25(34)19-10-8-9-16(4)13-19)30-31-26(32)35-14-22(33)28-21-12-11-20(27)17(5)18(21)6/h8-13,15,23H,7,14H2,1-6H3,(H,28,33)(H,29,34)/t23-/m1/s1. The molecule has 0 saturated heterocycles. The van der Waals surface area contributed by atoms with Gasteiger partial charge in [0, 0.05) is 22.3 Å². The van der Waals surface area contributed by atoms with E-state index in [4.69, 9.17) is 0 Å². The van der Waals surface area contributed by atoms with Gasteiger partial charge in [0.15, 0.2) is 11.0 Å². The van der Waals surface area contributed by atoms with E-state index in [1.54, 1.807) is 6.07 Å². The van der Waals surface area contributed by atoms with Gasteiger partial charge < -0.3 is 15.2 Å². The van der Waals surface area contributed by atoms with Crippen LogP contribution in [0.3, 0.4) is 0 Å². The molecule has 0 unspecified atom stereocenters. The second-order valence-corrected chi connectivity index (χ2v) is 10.6. The number of thioether (sulfide) groups is 1. The number of halogens is 1. The van der Waals surface area contributed by atoms with Gasteiger partial charge in [0.2, 0.25) is 5.91 Å². The van der Waals surface area contributed by atoms with Crippen molar-refractivity contribution in [2.45, 2.75) is 59.3 Å². The van der Waals surface area contributed by atoms with Crippen molar-refractivity contribution in [3.8, 4) is 0 Å². The van der Waals surface area contributed by atoms with Gasteiger partial charge in [0.25, 0.3) is 5.91 Å². The van der Waals surface area contributed by atoms with Gasteiger partial charge in [-0.05, 0) is 69.0 Å². The number of nitrogens with zero attached hydrogens (tertiary/aromatic N) is 3. The van der Waals surface area contributed by atoms with Crippen LogP contribution in [-0.2, 0) is 11.3 Å². The highest BCUT2D eigenvalue weighted by atomic mass is 79.9. The zero-order valence-electron chi connectivity index (χ0n) is 21.0. The summed E-state index contributed by atoms with van der Waals surface area (Å²) in [7, 11) is 0. The van der Waals surface area contributed by atoms with Crippen molar-refractivity contribution >= 4 is 45.2 Å². The Morgan fingerprint density at radius 2 is 1.83 bits per heavy atom. The van der Waals surface area contributed by atoms with Gasteiger partial charge in [-0.1, -0.05) is 59.2 Å². The molecule has 186 valence electrons. The molecule has 0 aliphatic carbocycles. The highest BCUT2D eigenvalue weighted by Gasteiger charge is 2.26. The molecular formula is C26H32BrN5O2S. The van der Waals surface area contributed by atoms with Crippen LogP contribution in [0.1, 0.15) is 59.7 Å². The van der Waals surface area contributed by atoms with Crippen LogP contribution in [0.25, 0.3) is 0 Å². The molecule has 2 N–H and O–H groups in total. The van der Waals surface area contributed by atoms with Gasteiger partial charge in [-0.3, -0.25) is 9.59 Å². The first-order chi connectivity index (χ1) is 16.6. The lowest BCUT2D eigenvalue weighted by molar-refractivity contribution is -0.113. The molecule has 3 aromatic rings. The van der Waals surface area contributed by atoms with Gasteiger partial charge >= 0.3 is 0 Å². The number of hydrogen-bond donors (Lipinski definition) is 2. The Kier molecular flexibility index (Phi) is 9.13. The summed E-state index contributed by atoms with van der Waals surface area (Å²) in [6, 6.07) is 11.0. The first-order valence-electron chi connectivity index (χ1n) is 11.6. The number of benzene rings is 2. The fourth-order valence-corrected chi connectivity index (χ4v) is 4.95. The third kappa shape index (κ3) is 6.52. The summed E-state index contributed by atoms with van der Waals surface area (Å²) in [5.41, 5.74) is 4.57. The summed E-state index contributed by atoms with van der Waals surface area (Å²) in [5.74, 6) is 0.732. The summed E-state index contributed by atoms with van der Waals surface area (Å²) in [4.78, 5) is 25.6. The van der Waals surface area contributed by atoms with Gasteiger partial charge in [0.1, 0.15) is 0 Å². The Balaban J connectivity index is 1.72. The summed E-state index contributed by atoms with van der Waals surface area (Å²) >= 11 is 4.85. The topological polar surface area (TPSA) is 88.9 Å². The Bertz CT molecular complexity index is 1220. The van der Waals surface area contributed by atoms with Crippen LogP contribution >= 0.6 is 27.7 Å². The first kappa shape index (κ1) is 26.9. The lowest BCUT2D eigenvalue weighted by atomic mass is 10.0. The zero-order chi connectivity index (χ0) is 25.7. The van der Waals surface area contributed by atoms with Crippen molar-refractivity contribution in [2.24, 2.45) is 5.92 Å². The van der Waals surface area contributed by atoms with Crippen LogP contribution in [0.4, 0.5) is 5.69 Å². The molecule has 0 aliphatic heterocycles. The number of carbonyl (C=O) groups excluding carboxylic acids is 2. The fourth-order valence-electron chi connectivity index (χ4n) is 3.71. The maximum Gasteiger partial charge on any atom is 0.251 e. The van der Waals surface area contributed by atoms with Crippen molar-refractivity contribution in [2.75, 3.05) is 11.1 Å². The predicted molar refractivity (Wildman–Crippen MR) is 145 cm³/mol. The second kappa shape index (κ2) is 11.9. The number of hydrogen-bond acceptors (Lipinski definition) is 5. The van der Waals surface area contributed by atoms with Gasteiger partial charge in [-0.25, -0.2) is 0 Å². The molecule has 0 fully saturated rings. The molecule has 2 amide bonds. The molecule has 35 heavy (non-hydrogen) atoms. The molecule has 9 heteroatoms. The van der Waals surface area contributed by atoms with Crippen molar-refractivity contribution in [3.63, 3.8) is 0 Å². The minimum atomic E-state index is -0.313. The molecule has 0 bridgehead atoms. The second-order valence-electron chi connectivity index (χ2n) is 8.83. The summed E-state index contributed by atoms with van der Waals surface area (Å²) in [6.45, 7) is 12.7. The highest BCUT2D eigenvalue weighted by Crippen LogP contribution is 2.28. The van der Waals surface area contributed by atoms with E-state index in [9.17, 15) is 9.59 Å². The molecule has 1 heterocycles. The molecule has 7 nitrogen and oxygen atoms in total. The predicted octanol–water partition coefficient (Wildman–Crippen LogP) is 5.84.